The molecule has 3 nitrogen and oxygen atoms in total. The predicted octanol–water partition coefficient (Wildman–Crippen LogP) is 3.39. The molecule has 0 amide bonds. The Labute approximate surface area is 119 Å². The van der Waals surface area contributed by atoms with Gasteiger partial charge < -0.3 is 5.32 Å². The van der Waals surface area contributed by atoms with Gasteiger partial charge in [-0.15, -0.1) is 0 Å². The van der Waals surface area contributed by atoms with E-state index in [-0.39, 0.29) is 6.04 Å². The maximum atomic E-state index is 4.92. The van der Waals surface area contributed by atoms with Crippen molar-refractivity contribution in [3.63, 3.8) is 0 Å². The number of pyridine rings is 1. The Morgan fingerprint density at radius 2 is 2.26 bits per heavy atom. The molecule has 0 radical (unpaired) electrons. The number of hydrogen-bond acceptors (Lipinski definition) is 4. The van der Waals surface area contributed by atoms with E-state index in [2.05, 4.69) is 23.3 Å². The molecule has 1 aliphatic carbocycles. The van der Waals surface area contributed by atoms with Crippen LogP contribution in [-0.2, 0) is 0 Å². The first kappa shape index (κ1) is 13.0. The molecule has 3 unspecified atom stereocenters. The highest BCUT2D eigenvalue weighted by Gasteiger charge is 2.29. The van der Waals surface area contributed by atoms with Gasteiger partial charge in [0.15, 0.2) is 5.17 Å². The van der Waals surface area contributed by atoms with Crippen molar-refractivity contribution in [1.29, 1.82) is 0 Å². The summed E-state index contributed by atoms with van der Waals surface area (Å²) in [6, 6.07) is 4.95. The van der Waals surface area contributed by atoms with Crippen LogP contribution in [0, 0.1) is 5.92 Å². The zero-order valence-corrected chi connectivity index (χ0v) is 12.2. The topological polar surface area (TPSA) is 37.3 Å². The maximum absolute atomic E-state index is 4.92. The van der Waals surface area contributed by atoms with Crippen molar-refractivity contribution in [2.45, 2.75) is 44.7 Å². The highest BCUT2D eigenvalue weighted by atomic mass is 32.2. The molecule has 3 rings (SSSR count). The van der Waals surface area contributed by atoms with E-state index in [1.165, 1.54) is 37.0 Å². The van der Waals surface area contributed by atoms with Crippen LogP contribution in [0.1, 0.15) is 44.2 Å². The molecule has 1 fully saturated rings. The molecule has 4 heteroatoms. The minimum Gasteiger partial charge on any atom is -0.358 e. The molecule has 1 aliphatic heterocycles. The van der Waals surface area contributed by atoms with Crippen molar-refractivity contribution < 1.29 is 0 Å². The summed E-state index contributed by atoms with van der Waals surface area (Å²) in [5.41, 5.74) is 1.22. The second kappa shape index (κ2) is 5.95. The molecule has 1 aromatic rings. The van der Waals surface area contributed by atoms with Crippen LogP contribution in [0.2, 0.25) is 0 Å². The minimum absolute atomic E-state index is 0.278. The molecule has 0 aromatic carbocycles. The van der Waals surface area contributed by atoms with Gasteiger partial charge in [0.25, 0.3) is 0 Å². The Hall–Kier alpha value is -1.03. The summed E-state index contributed by atoms with van der Waals surface area (Å²) >= 11 is 1.89. The Balaban J connectivity index is 1.65. The fraction of sp³-hybridized carbons (Fsp3) is 0.600. The Kier molecular flexibility index (Phi) is 4.06. The van der Waals surface area contributed by atoms with E-state index in [1.54, 1.807) is 0 Å². The number of aromatic nitrogens is 1. The van der Waals surface area contributed by atoms with Gasteiger partial charge in [-0.05, 0) is 37.3 Å². The van der Waals surface area contributed by atoms with Crippen LogP contribution in [0.25, 0.3) is 0 Å². The molecule has 2 aliphatic rings. The van der Waals surface area contributed by atoms with E-state index in [9.17, 15) is 0 Å². The van der Waals surface area contributed by atoms with Crippen LogP contribution in [0.5, 0.6) is 0 Å². The molecule has 102 valence electrons. The number of nitrogens with one attached hydrogen (secondary N) is 1. The van der Waals surface area contributed by atoms with E-state index >= 15 is 0 Å². The molecular formula is C15H21N3S. The van der Waals surface area contributed by atoms with Gasteiger partial charge in [-0.1, -0.05) is 30.7 Å². The quantitative estimate of drug-likeness (QED) is 0.899. The fourth-order valence-corrected chi connectivity index (χ4v) is 4.14. The van der Waals surface area contributed by atoms with Crippen molar-refractivity contribution in [1.82, 2.24) is 10.3 Å². The Morgan fingerprint density at radius 1 is 1.37 bits per heavy atom. The van der Waals surface area contributed by atoms with Crippen molar-refractivity contribution in [3.05, 3.63) is 30.1 Å². The van der Waals surface area contributed by atoms with Crippen molar-refractivity contribution in [2.75, 3.05) is 5.75 Å². The first-order chi connectivity index (χ1) is 9.33. The van der Waals surface area contributed by atoms with E-state index < -0.39 is 0 Å². The third-order valence-corrected chi connectivity index (χ3v) is 5.20. The molecule has 0 bridgehead atoms. The first-order valence-corrected chi connectivity index (χ1v) is 8.18. The van der Waals surface area contributed by atoms with Crippen LogP contribution in [0.4, 0.5) is 0 Å². The number of nitrogens with zero attached hydrogens (tertiary/aromatic N) is 2. The van der Waals surface area contributed by atoms with Gasteiger partial charge in [0.1, 0.15) is 0 Å². The second-order valence-electron chi connectivity index (χ2n) is 5.51. The van der Waals surface area contributed by atoms with Gasteiger partial charge in [-0.2, -0.15) is 0 Å². The lowest BCUT2D eigenvalue weighted by atomic mass is 9.86. The number of aliphatic imine (C=N–C) groups is 1. The Bertz CT molecular complexity index is 446. The van der Waals surface area contributed by atoms with Gasteiger partial charge in [0.05, 0.1) is 12.1 Å². The summed E-state index contributed by atoms with van der Waals surface area (Å²) in [7, 11) is 0. The zero-order chi connectivity index (χ0) is 13.1. The standard InChI is InChI=1S/C15H21N3S/c1-11(12-6-4-8-16-9-12)17-15-18-14-7-3-2-5-13(14)10-19-15/h4,6,8-9,11,13-14H,2-3,5,7,10H2,1H3,(H,17,18). The van der Waals surface area contributed by atoms with Gasteiger partial charge in [0, 0.05) is 18.1 Å². The average Bonchev–Trinajstić information content (AvgIpc) is 2.48. The Morgan fingerprint density at radius 3 is 3.11 bits per heavy atom. The number of rotatable bonds is 2. The predicted molar refractivity (Wildman–Crippen MR) is 81.4 cm³/mol. The normalized spacial score (nSPS) is 28.2. The summed E-state index contributed by atoms with van der Waals surface area (Å²) in [4.78, 5) is 9.10. The van der Waals surface area contributed by atoms with E-state index in [0.717, 1.165) is 11.1 Å². The summed E-state index contributed by atoms with van der Waals surface area (Å²) in [5, 5.41) is 4.67. The van der Waals surface area contributed by atoms with Gasteiger partial charge in [0.2, 0.25) is 0 Å². The van der Waals surface area contributed by atoms with E-state index in [1.807, 2.05) is 30.2 Å². The van der Waals surface area contributed by atoms with Crippen LogP contribution < -0.4 is 5.32 Å². The zero-order valence-electron chi connectivity index (χ0n) is 11.4. The monoisotopic (exact) mass is 275 g/mol. The first-order valence-electron chi connectivity index (χ1n) is 7.20. The summed E-state index contributed by atoms with van der Waals surface area (Å²) in [5.74, 6) is 2.05. The molecule has 3 atom stereocenters. The molecule has 0 spiro atoms. The lowest BCUT2D eigenvalue weighted by Gasteiger charge is -2.33. The van der Waals surface area contributed by atoms with E-state index in [4.69, 9.17) is 4.99 Å². The fourth-order valence-electron chi connectivity index (χ4n) is 2.91. The molecular weight excluding hydrogens is 254 g/mol. The molecule has 1 N–H and O–H groups in total. The smallest absolute Gasteiger partial charge is 0.157 e. The summed E-state index contributed by atoms with van der Waals surface area (Å²) in [6.07, 6.45) is 9.13. The maximum Gasteiger partial charge on any atom is 0.157 e. The highest BCUT2D eigenvalue weighted by Crippen LogP contribution is 2.34. The third-order valence-electron chi connectivity index (χ3n) is 4.11. The minimum atomic E-state index is 0.278. The molecule has 2 heterocycles. The average molecular weight is 275 g/mol. The summed E-state index contributed by atoms with van der Waals surface area (Å²) < 4.78 is 0. The number of amidine groups is 1. The van der Waals surface area contributed by atoms with Crippen molar-refractivity contribution in [2.24, 2.45) is 10.9 Å². The molecule has 1 saturated carbocycles. The van der Waals surface area contributed by atoms with Gasteiger partial charge >= 0.3 is 0 Å². The summed E-state index contributed by atoms with van der Waals surface area (Å²) in [6.45, 7) is 2.17. The van der Waals surface area contributed by atoms with Crippen molar-refractivity contribution in [3.8, 4) is 0 Å². The largest absolute Gasteiger partial charge is 0.358 e. The SMILES string of the molecule is CC(NC1=NC2CCCCC2CS1)c1cccnc1. The van der Waals surface area contributed by atoms with Crippen LogP contribution in [-0.4, -0.2) is 21.9 Å². The van der Waals surface area contributed by atoms with Crippen LogP contribution >= 0.6 is 11.8 Å². The second-order valence-corrected chi connectivity index (χ2v) is 6.52. The molecule has 1 aromatic heterocycles. The molecule has 0 saturated heterocycles. The molecule has 19 heavy (non-hydrogen) atoms. The lowest BCUT2D eigenvalue weighted by Crippen LogP contribution is -2.35. The van der Waals surface area contributed by atoms with Gasteiger partial charge in [-0.3, -0.25) is 9.98 Å². The van der Waals surface area contributed by atoms with Crippen LogP contribution in [0.3, 0.4) is 0 Å². The lowest BCUT2D eigenvalue weighted by molar-refractivity contribution is 0.335. The van der Waals surface area contributed by atoms with E-state index in [0.29, 0.717) is 6.04 Å². The van der Waals surface area contributed by atoms with Crippen LogP contribution in [0.15, 0.2) is 29.5 Å². The van der Waals surface area contributed by atoms with Gasteiger partial charge in [-0.25, -0.2) is 0 Å². The third kappa shape index (κ3) is 3.11. The van der Waals surface area contributed by atoms with Crippen molar-refractivity contribution >= 4 is 16.9 Å². The number of fused-ring (bicyclic) bond motifs is 1. The number of thioether (sulfide) groups is 1. The number of hydrogen-bond donors (Lipinski definition) is 1. The highest BCUT2D eigenvalue weighted by molar-refractivity contribution is 8.13.